The van der Waals surface area contributed by atoms with Crippen molar-refractivity contribution in [2.75, 3.05) is 0 Å². The molecule has 1 aromatic rings. The van der Waals surface area contributed by atoms with Crippen LogP contribution in [-0.4, -0.2) is 18.2 Å². The van der Waals surface area contributed by atoms with Crippen LogP contribution in [0, 0.1) is 17.7 Å². The summed E-state index contributed by atoms with van der Waals surface area (Å²) in [5.41, 5.74) is 3.41. The summed E-state index contributed by atoms with van der Waals surface area (Å²) in [5.74, 6) is 6.06. The lowest BCUT2D eigenvalue weighted by molar-refractivity contribution is 0.0475. The molecule has 5 atom stereocenters. The second-order valence-corrected chi connectivity index (χ2v) is 6.13. The molecule has 1 fully saturated rings. The molecule has 5 heteroatoms. The van der Waals surface area contributed by atoms with Gasteiger partial charge in [-0.2, -0.15) is 0 Å². The van der Waals surface area contributed by atoms with Gasteiger partial charge in [0.2, 0.25) is 0 Å². The topological polar surface area (TPSA) is 47.3 Å². The van der Waals surface area contributed by atoms with E-state index in [2.05, 4.69) is 19.3 Å². The first-order valence-electron chi connectivity index (χ1n) is 6.99. The van der Waals surface area contributed by atoms with Crippen LogP contribution in [0.3, 0.4) is 0 Å². The zero-order chi connectivity index (χ0) is 14.9. The first kappa shape index (κ1) is 15.7. The van der Waals surface area contributed by atoms with Gasteiger partial charge in [0.15, 0.2) is 0 Å². The largest absolute Gasteiger partial charge is 0.375 e. The molecule has 1 aliphatic heterocycles. The fraction of sp³-hybridized carbons (Fsp3) is 0.600. The molecule has 2 rings (SSSR count). The highest BCUT2D eigenvalue weighted by atomic mass is 35.5. The van der Waals surface area contributed by atoms with E-state index in [1.54, 1.807) is 12.1 Å². The SMILES string of the molecule is CC1OC(C)C(C(Cc2cc(Cl)ccc2F)NN)C1C. The van der Waals surface area contributed by atoms with E-state index in [0.717, 1.165) is 0 Å². The van der Waals surface area contributed by atoms with Crippen molar-refractivity contribution in [2.45, 2.75) is 45.4 Å². The van der Waals surface area contributed by atoms with Crippen LogP contribution in [0.5, 0.6) is 0 Å². The lowest BCUT2D eigenvalue weighted by Crippen LogP contribution is -2.46. The molecule has 20 heavy (non-hydrogen) atoms. The van der Waals surface area contributed by atoms with Crippen molar-refractivity contribution in [3.05, 3.63) is 34.6 Å². The number of hydrogen-bond acceptors (Lipinski definition) is 3. The average molecular weight is 301 g/mol. The summed E-state index contributed by atoms with van der Waals surface area (Å²) in [6.07, 6.45) is 0.788. The highest BCUT2D eigenvalue weighted by molar-refractivity contribution is 6.30. The normalized spacial score (nSPS) is 31.5. The van der Waals surface area contributed by atoms with E-state index in [4.69, 9.17) is 22.2 Å². The number of rotatable bonds is 4. The summed E-state index contributed by atoms with van der Waals surface area (Å²) in [4.78, 5) is 0. The summed E-state index contributed by atoms with van der Waals surface area (Å²) >= 11 is 5.94. The van der Waals surface area contributed by atoms with Crippen molar-refractivity contribution in [1.29, 1.82) is 0 Å². The summed E-state index contributed by atoms with van der Waals surface area (Å²) < 4.78 is 19.7. The zero-order valence-electron chi connectivity index (χ0n) is 12.1. The van der Waals surface area contributed by atoms with Crippen molar-refractivity contribution >= 4 is 11.6 Å². The second-order valence-electron chi connectivity index (χ2n) is 5.70. The monoisotopic (exact) mass is 300 g/mol. The van der Waals surface area contributed by atoms with Gasteiger partial charge >= 0.3 is 0 Å². The first-order valence-corrected chi connectivity index (χ1v) is 7.37. The predicted molar refractivity (Wildman–Crippen MR) is 78.9 cm³/mol. The third-order valence-electron chi connectivity index (χ3n) is 4.45. The molecule has 3 nitrogen and oxygen atoms in total. The van der Waals surface area contributed by atoms with Gasteiger partial charge in [0.1, 0.15) is 5.82 Å². The number of nitrogens with two attached hydrogens (primary N) is 1. The number of hydrogen-bond donors (Lipinski definition) is 2. The van der Waals surface area contributed by atoms with E-state index in [0.29, 0.717) is 22.9 Å². The Morgan fingerprint density at radius 2 is 2.05 bits per heavy atom. The molecule has 1 saturated heterocycles. The van der Waals surface area contributed by atoms with Crippen molar-refractivity contribution in [3.8, 4) is 0 Å². The minimum absolute atomic E-state index is 0.0436. The molecule has 3 N–H and O–H groups in total. The molecule has 0 aliphatic carbocycles. The van der Waals surface area contributed by atoms with Gasteiger partial charge in [0, 0.05) is 17.0 Å². The molecule has 5 unspecified atom stereocenters. The van der Waals surface area contributed by atoms with Gasteiger partial charge in [0.05, 0.1) is 12.2 Å². The van der Waals surface area contributed by atoms with Gasteiger partial charge in [-0.15, -0.1) is 0 Å². The van der Waals surface area contributed by atoms with Gasteiger partial charge in [-0.3, -0.25) is 11.3 Å². The lowest BCUT2D eigenvalue weighted by atomic mass is 9.81. The van der Waals surface area contributed by atoms with E-state index < -0.39 is 0 Å². The molecule has 0 radical (unpaired) electrons. The minimum atomic E-state index is -0.248. The Morgan fingerprint density at radius 3 is 2.60 bits per heavy atom. The third kappa shape index (κ3) is 3.14. The van der Waals surface area contributed by atoms with E-state index in [1.807, 2.05) is 6.92 Å². The van der Waals surface area contributed by atoms with Crippen LogP contribution in [0.2, 0.25) is 5.02 Å². The summed E-state index contributed by atoms with van der Waals surface area (Å²) in [6, 6.07) is 4.57. The molecular weight excluding hydrogens is 279 g/mol. The summed E-state index contributed by atoms with van der Waals surface area (Å²) in [7, 11) is 0. The molecule has 1 aromatic carbocycles. The Labute approximate surface area is 124 Å². The van der Waals surface area contributed by atoms with E-state index >= 15 is 0 Å². The Bertz CT molecular complexity index is 471. The maximum absolute atomic E-state index is 13.9. The highest BCUT2D eigenvalue weighted by Crippen LogP contribution is 2.35. The molecule has 0 bridgehead atoms. The first-order chi connectivity index (χ1) is 9.43. The van der Waals surface area contributed by atoms with Crippen molar-refractivity contribution in [2.24, 2.45) is 17.7 Å². The Morgan fingerprint density at radius 1 is 1.35 bits per heavy atom. The molecule has 0 saturated carbocycles. The number of hydrazine groups is 1. The van der Waals surface area contributed by atoms with Gasteiger partial charge < -0.3 is 4.74 Å². The van der Waals surface area contributed by atoms with Crippen molar-refractivity contribution in [1.82, 2.24) is 5.43 Å². The molecule has 1 heterocycles. The van der Waals surface area contributed by atoms with Gasteiger partial charge in [0.25, 0.3) is 0 Å². The molecule has 0 amide bonds. The smallest absolute Gasteiger partial charge is 0.126 e. The van der Waals surface area contributed by atoms with Crippen molar-refractivity contribution < 1.29 is 9.13 Å². The molecule has 0 spiro atoms. The average Bonchev–Trinajstić information content (AvgIpc) is 2.65. The molecule has 0 aromatic heterocycles. The zero-order valence-corrected chi connectivity index (χ0v) is 12.8. The van der Waals surface area contributed by atoms with Gasteiger partial charge in [-0.05, 0) is 49.9 Å². The predicted octanol–water partition coefficient (Wildman–Crippen LogP) is 2.91. The van der Waals surface area contributed by atoms with Crippen LogP contribution in [0.4, 0.5) is 4.39 Å². The molecule has 1 aliphatic rings. The van der Waals surface area contributed by atoms with Crippen LogP contribution in [0.25, 0.3) is 0 Å². The van der Waals surface area contributed by atoms with E-state index in [1.165, 1.54) is 6.07 Å². The summed E-state index contributed by atoms with van der Waals surface area (Å²) in [6.45, 7) is 6.26. The fourth-order valence-corrected chi connectivity index (χ4v) is 3.42. The summed E-state index contributed by atoms with van der Waals surface area (Å²) in [5, 5.41) is 0.536. The maximum Gasteiger partial charge on any atom is 0.126 e. The van der Waals surface area contributed by atoms with E-state index in [9.17, 15) is 4.39 Å². The standard InChI is InChI=1S/C15H22ClFN2O/c1-8-9(2)20-10(3)15(8)14(19-18)7-11-6-12(16)4-5-13(11)17/h4-6,8-10,14-15,19H,7,18H2,1-3H3. The Hall–Kier alpha value is -0.680. The number of benzene rings is 1. The third-order valence-corrected chi connectivity index (χ3v) is 4.68. The Balaban J connectivity index is 2.19. The van der Waals surface area contributed by atoms with Crippen LogP contribution >= 0.6 is 11.6 Å². The number of nitrogens with one attached hydrogen (secondary N) is 1. The Kier molecular flexibility index (Phi) is 5.02. The van der Waals surface area contributed by atoms with Crippen LogP contribution < -0.4 is 11.3 Å². The molecule has 112 valence electrons. The van der Waals surface area contributed by atoms with Gasteiger partial charge in [-0.25, -0.2) is 4.39 Å². The maximum atomic E-state index is 13.9. The van der Waals surface area contributed by atoms with Crippen molar-refractivity contribution in [3.63, 3.8) is 0 Å². The van der Waals surface area contributed by atoms with Gasteiger partial charge in [-0.1, -0.05) is 18.5 Å². The second kappa shape index (κ2) is 6.39. The lowest BCUT2D eigenvalue weighted by Gasteiger charge is -2.28. The minimum Gasteiger partial charge on any atom is -0.375 e. The van der Waals surface area contributed by atoms with Crippen LogP contribution in [-0.2, 0) is 11.2 Å². The quantitative estimate of drug-likeness (QED) is 0.664. The highest BCUT2D eigenvalue weighted by Gasteiger charge is 2.41. The van der Waals surface area contributed by atoms with E-state index in [-0.39, 0.29) is 30.0 Å². The molecular formula is C15H22ClFN2O. The fourth-order valence-electron chi connectivity index (χ4n) is 3.23. The number of halogens is 2. The van der Waals surface area contributed by atoms with Crippen LogP contribution in [0.1, 0.15) is 26.3 Å². The number of ether oxygens (including phenoxy) is 1. The van der Waals surface area contributed by atoms with Crippen LogP contribution in [0.15, 0.2) is 18.2 Å².